The third-order valence-electron chi connectivity index (χ3n) is 7.06. The van der Waals surface area contributed by atoms with Crippen molar-refractivity contribution < 1.29 is 18.0 Å². The number of nitrogens with one attached hydrogen (secondary N) is 1. The van der Waals surface area contributed by atoms with Crippen LogP contribution in [-0.2, 0) is 32.6 Å². The van der Waals surface area contributed by atoms with Gasteiger partial charge < -0.3 is 10.2 Å². The topological polar surface area (TPSA) is 86.8 Å². The van der Waals surface area contributed by atoms with Crippen molar-refractivity contribution in [3.63, 3.8) is 0 Å². The fourth-order valence-electron chi connectivity index (χ4n) is 4.92. The van der Waals surface area contributed by atoms with Gasteiger partial charge in [-0.05, 0) is 80.8 Å². The number of benzene rings is 4. The summed E-state index contributed by atoms with van der Waals surface area (Å²) < 4.78 is 29.4. The number of anilines is 1. The molecule has 4 rings (SSSR count). The van der Waals surface area contributed by atoms with Gasteiger partial charge in [-0.3, -0.25) is 13.9 Å². The molecule has 4 aromatic carbocycles. The van der Waals surface area contributed by atoms with Crippen LogP contribution in [0.2, 0.25) is 10.0 Å². The minimum atomic E-state index is -4.23. The van der Waals surface area contributed by atoms with Gasteiger partial charge >= 0.3 is 0 Å². The molecule has 10 heteroatoms. The lowest BCUT2D eigenvalue weighted by molar-refractivity contribution is -0.140. The van der Waals surface area contributed by atoms with E-state index in [4.69, 9.17) is 23.2 Å². The second-order valence-electron chi connectivity index (χ2n) is 11.9. The minimum absolute atomic E-state index is 0.0161. The normalized spacial score (nSPS) is 12.3. The Labute approximate surface area is 275 Å². The monoisotopic (exact) mass is 665 g/mol. The first-order valence-electron chi connectivity index (χ1n) is 14.5. The van der Waals surface area contributed by atoms with E-state index in [-0.39, 0.29) is 29.5 Å². The smallest absolute Gasteiger partial charge is 0.264 e. The van der Waals surface area contributed by atoms with Gasteiger partial charge in [-0.1, -0.05) is 89.9 Å². The molecule has 0 saturated heterocycles. The zero-order chi connectivity index (χ0) is 32.8. The van der Waals surface area contributed by atoms with Crippen LogP contribution in [-0.4, -0.2) is 43.3 Å². The summed E-state index contributed by atoms with van der Waals surface area (Å²) in [6.45, 7) is 6.79. The van der Waals surface area contributed by atoms with Gasteiger partial charge in [0.25, 0.3) is 10.0 Å². The average molecular weight is 667 g/mol. The predicted octanol–water partition coefficient (Wildman–Crippen LogP) is 7.05. The molecule has 0 unspecified atom stereocenters. The number of amides is 2. The summed E-state index contributed by atoms with van der Waals surface area (Å²) in [4.78, 5) is 30.0. The average Bonchev–Trinajstić information content (AvgIpc) is 2.99. The van der Waals surface area contributed by atoms with Crippen LogP contribution >= 0.6 is 23.2 Å². The van der Waals surface area contributed by atoms with E-state index in [2.05, 4.69) is 5.32 Å². The molecule has 0 heterocycles. The van der Waals surface area contributed by atoms with Gasteiger partial charge in [0.05, 0.1) is 10.6 Å². The van der Waals surface area contributed by atoms with Crippen molar-refractivity contribution in [1.82, 2.24) is 10.2 Å². The standard InChI is InChI=1S/C35H37Cl2N3O4S/c1-25-18-19-29(37)22-31(25)40(45(43,44)30-16-9-6-10-17-30)24-33(41)39(23-27-14-11-15-28(36)20-27)32(34(42)38-35(2,3)4)21-26-12-7-5-8-13-26/h5-20,22,32H,21,23-24H2,1-4H3,(H,38,42)/t32-/m1/s1. The van der Waals surface area contributed by atoms with E-state index >= 15 is 0 Å². The van der Waals surface area contributed by atoms with E-state index in [1.54, 1.807) is 55.5 Å². The lowest BCUT2D eigenvalue weighted by Crippen LogP contribution is -2.56. The molecular weight excluding hydrogens is 629 g/mol. The Bertz CT molecular complexity index is 1740. The Morgan fingerprint density at radius 3 is 2.02 bits per heavy atom. The van der Waals surface area contributed by atoms with Crippen molar-refractivity contribution >= 4 is 50.7 Å². The lowest BCUT2D eigenvalue weighted by atomic mass is 10.0. The quantitative estimate of drug-likeness (QED) is 0.186. The van der Waals surface area contributed by atoms with Gasteiger partial charge in [-0.15, -0.1) is 0 Å². The first kappa shape index (κ1) is 34.0. The van der Waals surface area contributed by atoms with Crippen LogP contribution in [0.5, 0.6) is 0 Å². The zero-order valence-corrected chi connectivity index (χ0v) is 28.0. The number of hydrogen-bond acceptors (Lipinski definition) is 4. The highest BCUT2D eigenvalue weighted by atomic mass is 35.5. The summed E-state index contributed by atoms with van der Waals surface area (Å²) in [5.41, 5.74) is 1.82. The molecule has 45 heavy (non-hydrogen) atoms. The molecule has 1 atom stereocenters. The summed E-state index contributed by atoms with van der Waals surface area (Å²) in [5.74, 6) is -0.933. The lowest BCUT2D eigenvalue weighted by Gasteiger charge is -2.35. The maximum absolute atomic E-state index is 14.6. The number of sulfonamides is 1. The van der Waals surface area contributed by atoms with E-state index in [1.807, 2.05) is 57.2 Å². The highest BCUT2D eigenvalue weighted by Crippen LogP contribution is 2.30. The summed E-state index contributed by atoms with van der Waals surface area (Å²) >= 11 is 12.6. The van der Waals surface area contributed by atoms with Crippen LogP contribution < -0.4 is 9.62 Å². The number of halogens is 2. The number of carbonyl (C=O) groups excluding carboxylic acids is 2. The predicted molar refractivity (Wildman–Crippen MR) is 181 cm³/mol. The molecule has 2 amide bonds. The summed E-state index contributed by atoms with van der Waals surface area (Å²) in [5, 5.41) is 3.81. The number of hydrogen-bond donors (Lipinski definition) is 1. The van der Waals surface area contributed by atoms with Gasteiger partial charge in [0, 0.05) is 28.5 Å². The van der Waals surface area contributed by atoms with Crippen molar-refractivity contribution in [1.29, 1.82) is 0 Å². The molecule has 0 spiro atoms. The molecule has 0 fully saturated rings. The SMILES string of the molecule is Cc1ccc(Cl)cc1N(CC(=O)N(Cc1cccc(Cl)c1)[C@H](Cc1ccccc1)C(=O)NC(C)(C)C)S(=O)(=O)c1ccccc1. The van der Waals surface area contributed by atoms with Crippen molar-refractivity contribution in [3.8, 4) is 0 Å². The first-order chi connectivity index (χ1) is 21.2. The summed E-state index contributed by atoms with van der Waals surface area (Å²) in [6, 6.07) is 28.3. The highest BCUT2D eigenvalue weighted by Gasteiger charge is 2.36. The third kappa shape index (κ3) is 9.10. The third-order valence-corrected chi connectivity index (χ3v) is 9.31. The van der Waals surface area contributed by atoms with Gasteiger partial charge in [0.2, 0.25) is 11.8 Å². The molecule has 0 aliphatic rings. The van der Waals surface area contributed by atoms with Crippen LogP contribution in [0.4, 0.5) is 5.69 Å². The number of carbonyl (C=O) groups is 2. The van der Waals surface area contributed by atoms with E-state index in [0.717, 1.165) is 9.87 Å². The van der Waals surface area contributed by atoms with Crippen LogP contribution in [0.3, 0.4) is 0 Å². The van der Waals surface area contributed by atoms with Gasteiger partial charge in [0.1, 0.15) is 12.6 Å². The number of rotatable bonds is 11. The fraction of sp³-hybridized carbons (Fsp3) is 0.257. The molecule has 0 radical (unpaired) electrons. The molecular formula is C35H37Cl2N3O4S. The molecule has 0 aliphatic carbocycles. The Kier molecular flexibility index (Phi) is 11.0. The van der Waals surface area contributed by atoms with Crippen molar-refractivity contribution in [2.75, 3.05) is 10.8 Å². The van der Waals surface area contributed by atoms with E-state index < -0.39 is 34.1 Å². The maximum Gasteiger partial charge on any atom is 0.264 e. The van der Waals surface area contributed by atoms with Crippen molar-refractivity contribution in [2.45, 2.75) is 57.1 Å². The van der Waals surface area contributed by atoms with Crippen molar-refractivity contribution in [2.24, 2.45) is 0 Å². The molecule has 4 aromatic rings. The Morgan fingerprint density at radius 1 is 0.800 bits per heavy atom. The molecule has 1 N–H and O–H groups in total. The molecule has 0 bridgehead atoms. The molecule has 0 aromatic heterocycles. The number of nitrogens with zero attached hydrogens (tertiary/aromatic N) is 2. The van der Waals surface area contributed by atoms with Gasteiger partial charge in [-0.25, -0.2) is 8.42 Å². The van der Waals surface area contributed by atoms with Gasteiger partial charge in [0.15, 0.2) is 0 Å². The first-order valence-corrected chi connectivity index (χ1v) is 16.7. The van der Waals surface area contributed by atoms with Crippen LogP contribution in [0.25, 0.3) is 0 Å². The molecule has 236 valence electrons. The van der Waals surface area contributed by atoms with E-state index in [1.165, 1.54) is 23.1 Å². The fourth-order valence-corrected chi connectivity index (χ4v) is 6.79. The van der Waals surface area contributed by atoms with Crippen LogP contribution in [0, 0.1) is 6.92 Å². The number of aryl methyl sites for hydroxylation is 1. The second-order valence-corrected chi connectivity index (χ2v) is 14.6. The Morgan fingerprint density at radius 2 is 1.40 bits per heavy atom. The van der Waals surface area contributed by atoms with Gasteiger partial charge in [-0.2, -0.15) is 0 Å². The van der Waals surface area contributed by atoms with Crippen LogP contribution in [0.1, 0.15) is 37.5 Å². The van der Waals surface area contributed by atoms with E-state index in [9.17, 15) is 18.0 Å². The molecule has 7 nitrogen and oxygen atoms in total. The van der Waals surface area contributed by atoms with E-state index in [0.29, 0.717) is 21.2 Å². The molecule has 0 saturated carbocycles. The highest BCUT2D eigenvalue weighted by molar-refractivity contribution is 7.92. The molecule has 0 aliphatic heterocycles. The second kappa shape index (κ2) is 14.5. The van der Waals surface area contributed by atoms with Crippen LogP contribution in [0.15, 0.2) is 108 Å². The Hall–Kier alpha value is -3.85. The minimum Gasteiger partial charge on any atom is -0.350 e. The maximum atomic E-state index is 14.6. The Balaban J connectivity index is 1.84. The summed E-state index contributed by atoms with van der Waals surface area (Å²) in [7, 11) is -4.23. The van der Waals surface area contributed by atoms with Crippen molar-refractivity contribution in [3.05, 3.63) is 130 Å². The largest absolute Gasteiger partial charge is 0.350 e. The summed E-state index contributed by atoms with van der Waals surface area (Å²) in [6.07, 6.45) is 0.205. The zero-order valence-electron chi connectivity index (χ0n) is 25.7.